The number of benzene rings is 1. The lowest BCUT2D eigenvalue weighted by atomic mass is 10.0. The summed E-state index contributed by atoms with van der Waals surface area (Å²) in [4.78, 5) is 13.3. The average Bonchev–Trinajstić information content (AvgIpc) is 2.12. The molecular weight excluding hydrogens is 182 g/mol. The monoisotopic (exact) mass is 191 g/mol. The third-order valence-electron chi connectivity index (χ3n) is 2.04. The lowest BCUT2D eigenvalue weighted by Crippen LogP contribution is -1.97. The highest BCUT2D eigenvalue weighted by atomic mass is 16.4. The third kappa shape index (κ3) is 1.84. The van der Waals surface area contributed by atoms with Crippen LogP contribution in [0.2, 0.25) is 0 Å². The first-order valence-electron chi connectivity index (χ1n) is 3.96. The summed E-state index contributed by atoms with van der Waals surface area (Å²) >= 11 is 0. The van der Waals surface area contributed by atoms with Crippen LogP contribution in [-0.2, 0) is 0 Å². The zero-order valence-corrected chi connectivity index (χ0v) is 7.85. The molecule has 5 heteroatoms. The van der Waals surface area contributed by atoms with E-state index in [-0.39, 0.29) is 5.56 Å². The summed E-state index contributed by atoms with van der Waals surface area (Å²) < 4.78 is 0. The van der Waals surface area contributed by atoms with Crippen LogP contribution < -0.4 is 0 Å². The summed E-state index contributed by atoms with van der Waals surface area (Å²) in [5.74, 6) is -1.03. The van der Waals surface area contributed by atoms with Crippen LogP contribution in [0.15, 0.2) is 17.2 Å². The molecular formula is C9H9N3O2. The molecule has 14 heavy (non-hydrogen) atoms. The lowest BCUT2D eigenvalue weighted by molar-refractivity contribution is 0.0697. The molecule has 1 aromatic carbocycles. The summed E-state index contributed by atoms with van der Waals surface area (Å²) in [5.41, 5.74) is 10.4. The Kier molecular flexibility index (Phi) is 2.74. The molecule has 0 unspecified atom stereocenters. The van der Waals surface area contributed by atoms with E-state index >= 15 is 0 Å². The number of nitrogens with zero attached hydrogens (tertiary/aromatic N) is 3. The van der Waals surface area contributed by atoms with Gasteiger partial charge in [-0.3, -0.25) is 0 Å². The molecule has 0 saturated heterocycles. The Hall–Kier alpha value is -2.00. The Morgan fingerprint density at radius 3 is 2.64 bits per heavy atom. The fraction of sp³-hybridized carbons (Fsp3) is 0.222. The molecule has 0 aliphatic rings. The van der Waals surface area contributed by atoms with E-state index in [1.54, 1.807) is 19.9 Å². The van der Waals surface area contributed by atoms with Crippen LogP contribution in [0.25, 0.3) is 10.4 Å². The Balaban J connectivity index is 3.42. The average molecular weight is 191 g/mol. The molecule has 0 atom stereocenters. The van der Waals surface area contributed by atoms with Crippen LogP contribution in [0, 0.1) is 13.8 Å². The van der Waals surface area contributed by atoms with Crippen LogP contribution in [0.5, 0.6) is 0 Å². The molecule has 1 aromatic rings. The third-order valence-corrected chi connectivity index (χ3v) is 2.04. The summed E-state index contributed by atoms with van der Waals surface area (Å²) in [6.45, 7) is 3.56. The Bertz CT molecular complexity index is 434. The molecule has 0 aliphatic heterocycles. The van der Waals surface area contributed by atoms with Gasteiger partial charge in [0.25, 0.3) is 0 Å². The lowest BCUT2D eigenvalue weighted by Gasteiger charge is -2.05. The second-order valence-corrected chi connectivity index (χ2v) is 2.93. The number of rotatable bonds is 2. The highest BCUT2D eigenvalue weighted by Crippen LogP contribution is 2.24. The number of carbonyl (C=O) groups is 1. The molecule has 1 N–H and O–H groups in total. The molecule has 1 rings (SSSR count). The van der Waals surface area contributed by atoms with Crippen molar-refractivity contribution in [3.8, 4) is 0 Å². The molecule has 0 spiro atoms. The first-order valence-corrected chi connectivity index (χ1v) is 3.96. The second kappa shape index (κ2) is 3.81. The highest BCUT2D eigenvalue weighted by Gasteiger charge is 2.07. The number of aryl methyl sites for hydroxylation is 1. The molecule has 5 nitrogen and oxygen atoms in total. The predicted octanol–water partition coefficient (Wildman–Crippen LogP) is 2.94. The van der Waals surface area contributed by atoms with Gasteiger partial charge in [0.2, 0.25) is 0 Å². The molecule has 0 radical (unpaired) electrons. The first kappa shape index (κ1) is 10.1. The van der Waals surface area contributed by atoms with Crippen molar-refractivity contribution in [1.82, 2.24) is 0 Å². The molecule has 0 aliphatic carbocycles. The zero-order chi connectivity index (χ0) is 10.7. The molecule has 0 fully saturated rings. The van der Waals surface area contributed by atoms with Crippen molar-refractivity contribution in [2.24, 2.45) is 5.11 Å². The summed E-state index contributed by atoms with van der Waals surface area (Å²) in [7, 11) is 0. The Labute approximate surface area is 80.6 Å². The molecule has 0 bridgehead atoms. The number of aromatic carboxylic acids is 1. The quantitative estimate of drug-likeness (QED) is 0.442. The summed E-state index contributed by atoms with van der Waals surface area (Å²) in [6, 6.07) is 2.92. The molecule has 0 amide bonds. The predicted molar refractivity (Wildman–Crippen MR) is 51.7 cm³/mol. The number of hydrogen-bond donors (Lipinski definition) is 1. The minimum absolute atomic E-state index is 0.135. The number of carboxylic acids is 1. The fourth-order valence-electron chi connectivity index (χ4n) is 1.12. The fourth-order valence-corrected chi connectivity index (χ4v) is 1.12. The van der Waals surface area contributed by atoms with Gasteiger partial charge in [-0.25, -0.2) is 4.79 Å². The van der Waals surface area contributed by atoms with E-state index in [9.17, 15) is 4.79 Å². The van der Waals surface area contributed by atoms with Crippen molar-refractivity contribution in [2.45, 2.75) is 13.8 Å². The number of azide groups is 1. The maximum atomic E-state index is 10.7. The molecule has 0 heterocycles. The van der Waals surface area contributed by atoms with Crippen molar-refractivity contribution in [3.05, 3.63) is 39.3 Å². The second-order valence-electron chi connectivity index (χ2n) is 2.93. The molecule has 0 aromatic heterocycles. The van der Waals surface area contributed by atoms with Crippen LogP contribution in [0.1, 0.15) is 21.5 Å². The van der Waals surface area contributed by atoms with Gasteiger partial charge in [-0.15, -0.1) is 0 Å². The maximum absolute atomic E-state index is 10.7. The van der Waals surface area contributed by atoms with Crippen molar-refractivity contribution >= 4 is 11.7 Å². The normalized spacial score (nSPS) is 9.29. The van der Waals surface area contributed by atoms with Gasteiger partial charge in [0.1, 0.15) is 0 Å². The van der Waals surface area contributed by atoms with Gasteiger partial charge in [-0.2, -0.15) is 0 Å². The van der Waals surface area contributed by atoms with Gasteiger partial charge >= 0.3 is 5.97 Å². The largest absolute Gasteiger partial charge is 0.478 e. The van der Waals surface area contributed by atoms with Gasteiger partial charge in [0.15, 0.2) is 0 Å². The number of hydrogen-bond acceptors (Lipinski definition) is 2. The van der Waals surface area contributed by atoms with E-state index in [2.05, 4.69) is 10.0 Å². The van der Waals surface area contributed by atoms with E-state index in [0.717, 1.165) is 11.1 Å². The van der Waals surface area contributed by atoms with Crippen molar-refractivity contribution in [2.75, 3.05) is 0 Å². The number of carboxylic acid groups (broad SMARTS) is 1. The van der Waals surface area contributed by atoms with Gasteiger partial charge in [0.05, 0.1) is 5.56 Å². The Morgan fingerprint density at radius 2 is 2.14 bits per heavy atom. The standard InChI is InChI=1S/C9H9N3O2/c1-5-3-7(9(13)14)4-8(6(5)2)11-12-10/h3-4H,1-2H3,(H,13,14). The van der Waals surface area contributed by atoms with E-state index in [0.29, 0.717) is 5.69 Å². The smallest absolute Gasteiger partial charge is 0.335 e. The minimum Gasteiger partial charge on any atom is -0.478 e. The van der Waals surface area contributed by atoms with Crippen LogP contribution in [-0.4, -0.2) is 11.1 Å². The van der Waals surface area contributed by atoms with E-state index in [1.807, 2.05) is 0 Å². The van der Waals surface area contributed by atoms with Crippen molar-refractivity contribution < 1.29 is 9.90 Å². The zero-order valence-electron chi connectivity index (χ0n) is 7.85. The van der Waals surface area contributed by atoms with Crippen molar-refractivity contribution in [3.63, 3.8) is 0 Å². The van der Waals surface area contributed by atoms with E-state index in [1.165, 1.54) is 6.07 Å². The van der Waals surface area contributed by atoms with E-state index in [4.69, 9.17) is 10.6 Å². The molecule has 72 valence electrons. The first-order chi connectivity index (χ1) is 6.56. The van der Waals surface area contributed by atoms with Gasteiger partial charge in [-0.1, -0.05) is 5.11 Å². The minimum atomic E-state index is -1.03. The van der Waals surface area contributed by atoms with Gasteiger partial charge in [0, 0.05) is 10.6 Å². The topological polar surface area (TPSA) is 86.1 Å². The van der Waals surface area contributed by atoms with Gasteiger partial charge < -0.3 is 5.11 Å². The highest BCUT2D eigenvalue weighted by molar-refractivity contribution is 5.89. The van der Waals surface area contributed by atoms with Crippen LogP contribution in [0.4, 0.5) is 5.69 Å². The Morgan fingerprint density at radius 1 is 1.50 bits per heavy atom. The van der Waals surface area contributed by atoms with Crippen LogP contribution in [0.3, 0.4) is 0 Å². The van der Waals surface area contributed by atoms with Gasteiger partial charge in [-0.05, 0) is 42.6 Å². The summed E-state index contributed by atoms with van der Waals surface area (Å²) in [5, 5.41) is 12.2. The van der Waals surface area contributed by atoms with Crippen molar-refractivity contribution in [1.29, 1.82) is 0 Å². The maximum Gasteiger partial charge on any atom is 0.335 e. The summed E-state index contributed by atoms with van der Waals surface area (Å²) in [6.07, 6.45) is 0. The molecule has 0 saturated carbocycles. The SMILES string of the molecule is Cc1cc(C(=O)O)cc(N=[N+]=[N-])c1C. The van der Waals surface area contributed by atoms with E-state index < -0.39 is 5.97 Å². The van der Waals surface area contributed by atoms with Crippen LogP contribution >= 0.6 is 0 Å².